The normalized spacial score (nSPS) is 20.6. The van der Waals surface area contributed by atoms with E-state index in [1.165, 1.54) is 11.1 Å². The van der Waals surface area contributed by atoms with Gasteiger partial charge in [0.2, 0.25) is 0 Å². The number of rotatable bonds is 3. The van der Waals surface area contributed by atoms with Crippen molar-refractivity contribution in [3.05, 3.63) is 102 Å². The van der Waals surface area contributed by atoms with Crippen molar-refractivity contribution in [2.75, 3.05) is 0 Å². The minimum Gasteiger partial charge on any atom is -0.409 e. The van der Waals surface area contributed by atoms with Gasteiger partial charge >= 0.3 is 7.05 Å². The third-order valence-corrected chi connectivity index (χ3v) is 4.31. The Morgan fingerprint density at radius 3 is 1.78 bits per heavy atom. The summed E-state index contributed by atoms with van der Waals surface area (Å²) in [6.45, 7) is 0. The molecule has 1 fully saturated rings. The second-order valence-electron chi connectivity index (χ2n) is 5.81. The molecule has 0 spiro atoms. The molecule has 1 saturated heterocycles. The molecule has 3 heteroatoms. The fourth-order valence-electron chi connectivity index (χ4n) is 3.16. The largest absolute Gasteiger partial charge is 0.416 e. The average Bonchev–Trinajstić information content (AvgIpc) is 3.09. The van der Waals surface area contributed by atoms with Gasteiger partial charge in [0.05, 0.1) is 12.1 Å². The lowest BCUT2D eigenvalue weighted by molar-refractivity contribution is 0.218. The summed E-state index contributed by atoms with van der Waals surface area (Å²) in [6.07, 6.45) is 0.00352. The topological polar surface area (TPSA) is 21.3 Å². The Kier molecular flexibility index (Phi) is 3.97. The molecule has 1 aliphatic heterocycles. The van der Waals surface area contributed by atoms with Gasteiger partial charge in [0, 0.05) is 0 Å². The third kappa shape index (κ3) is 2.94. The molecule has 0 saturated carbocycles. The van der Waals surface area contributed by atoms with Crippen LogP contribution in [0.1, 0.15) is 23.3 Å². The SMILES string of the molecule is c1ccc(B2N[C@H](c3ccccc3)[C@H](c3ccccc3)O2)cc1. The summed E-state index contributed by atoms with van der Waals surface area (Å²) in [7, 11) is -0.0911. The van der Waals surface area contributed by atoms with Crippen LogP contribution in [0, 0.1) is 0 Å². The highest BCUT2D eigenvalue weighted by molar-refractivity contribution is 6.65. The zero-order chi connectivity index (χ0) is 15.5. The van der Waals surface area contributed by atoms with Crippen molar-refractivity contribution in [1.82, 2.24) is 5.23 Å². The van der Waals surface area contributed by atoms with E-state index in [1.54, 1.807) is 0 Å². The molecule has 2 atom stereocenters. The highest BCUT2D eigenvalue weighted by Gasteiger charge is 2.40. The minimum atomic E-state index is -0.0911. The Morgan fingerprint density at radius 2 is 1.17 bits per heavy atom. The van der Waals surface area contributed by atoms with Gasteiger partial charge in [-0.1, -0.05) is 91.0 Å². The zero-order valence-electron chi connectivity index (χ0n) is 12.8. The summed E-state index contributed by atoms with van der Waals surface area (Å²) in [5.41, 5.74) is 3.61. The molecule has 0 aliphatic carbocycles. The first-order valence-corrected chi connectivity index (χ1v) is 7.98. The maximum absolute atomic E-state index is 6.39. The molecular weight excluding hydrogens is 281 g/mol. The monoisotopic (exact) mass is 299 g/mol. The Labute approximate surface area is 137 Å². The molecule has 0 radical (unpaired) electrons. The van der Waals surface area contributed by atoms with Crippen molar-refractivity contribution in [2.24, 2.45) is 0 Å². The van der Waals surface area contributed by atoms with Crippen molar-refractivity contribution >= 4 is 12.5 Å². The smallest absolute Gasteiger partial charge is 0.409 e. The van der Waals surface area contributed by atoms with E-state index in [9.17, 15) is 0 Å². The van der Waals surface area contributed by atoms with Gasteiger partial charge in [-0.05, 0) is 16.6 Å². The maximum Gasteiger partial charge on any atom is 0.416 e. The first-order valence-electron chi connectivity index (χ1n) is 7.98. The van der Waals surface area contributed by atoms with Gasteiger partial charge in [-0.15, -0.1) is 0 Å². The maximum atomic E-state index is 6.39. The summed E-state index contributed by atoms with van der Waals surface area (Å²) >= 11 is 0. The van der Waals surface area contributed by atoms with Crippen molar-refractivity contribution in [1.29, 1.82) is 0 Å². The number of benzene rings is 3. The summed E-state index contributed by atoms with van der Waals surface area (Å²) in [6, 6.07) is 31.4. The van der Waals surface area contributed by atoms with Crippen molar-refractivity contribution in [3.63, 3.8) is 0 Å². The van der Waals surface area contributed by atoms with E-state index in [4.69, 9.17) is 4.65 Å². The lowest BCUT2D eigenvalue weighted by Gasteiger charge is -2.20. The number of nitrogens with one attached hydrogen (secondary N) is 1. The van der Waals surface area contributed by atoms with Gasteiger partial charge in [-0.25, -0.2) is 0 Å². The van der Waals surface area contributed by atoms with Crippen LogP contribution in [0.15, 0.2) is 91.0 Å². The summed E-state index contributed by atoms with van der Waals surface area (Å²) in [5.74, 6) is 0. The molecule has 0 bridgehead atoms. The third-order valence-electron chi connectivity index (χ3n) is 4.31. The van der Waals surface area contributed by atoms with E-state index < -0.39 is 0 Å². The van der Waals surface area contributed by atoms with E-state index >= 15 is 0 Å². The molecular formula is C20H18BNO. The van der Waals surface area contributed by atoms with Crippen molar-refractivity contribution in [2.45, 2.75) is 12.1 Å². The Morgan fingerprint density at radius 1 is 0.652 bits per heavy atom. The van der Waals surface area contributed by atoms with Crippen LogP contribution in [0.2, 0.25) is 0 Å². The van der Waals surface area contributed by atoms with Crippen LogP contribution in [-0.4, -0.2) is 7.05 Å². The molecule has 0 unspecified atom stereocenters. The van der Waals surface area contributed by atoms with Gasteiger partial charge in [0.1, 0.15) is 0 Å². The van der Waals surface area contributed by atoms with Crippen LogP contribution in [-0.2, 0) is 4.65 Å². The summed E-state index contributed by atoms with van der Waals surface area (Å²) < 4.78 is 6.39. The van der Waals surface area contributed by atoms with Crippen LogP contribution >= 0.6 is 0 Å². The Bertz CT molecular complexity index is 701. The van der Waals surface area contributed by atoms with Gasteiger partial charge in [-0.2, -0.15) is 0 Å². The van der Waals surface area contributed by atoms with Crippen molar-refractivity contribution < 1.29 is 4.65 Å². The number of hydrogen-bond donors (Lipinski definition) is 1. The predicted molar refractivity (Wildman–Crippen MR) is 94.4 cm³/mol. The summed E-state index contributed by atoms with van der Waals surface area (Å²) in [5, 5.41) is 3.65. The molecule has 1 heterocycles. The van der Waals surface area contributed by atoms with E-state index in [0.29, 0.717) is 0 Å². The highest BCUT2D eigenvalue weighted by atomic mass is 16.5. The zero-order valence-corrected chi connectivity index (χ0v) is 12.8. The first-order chi connectivity index (χ1) is 11.4. The fraction of sp³-hybridized carbons (Fsp3) is 0.100. The Hall–Kier alpha value is -2.36. The Balaban J connectivity index is 1.70. The molecule has 4 rings (SSSR count). The van der Waals surface area contributed by atoms with Crippen LogP contribution < -0.4 is 10.7 Å². The highest BCUT2D eigenvalue weighted by Crippen LogP contribution is 2.36. The van der Waals surface area contributed by atoms with Gasteiger partial charge < -0.3 is 9.88 Å². The predicted octanol–water partition coefficient (Wildman–Crippen LogP) is 3.48. The lowest BCUT2D eigenvalue weighted by atomic mass is 9.74. The molecule has 23 heavy (non-hydrogen) atoms. The fourth-order valence-corrected chi connectivity index (χ4v) is 3.16. The second kappa shape index (κ2) is 6.41. The molecule has 0 aromatic heterocycles. The average molecular weight is 299 g/mol. The standard InChI is InChI=1S/C20H18BNO/c1-4-10-16(11-5-1)19-20(17-12-6-2-7-13-17)23-21(22-19)18-14-8-3-9-15-18/h1-15,19-20,22H/t19-,20+/m1/s1. The molecule has 3 aromatic rings. The minimum absolute atomic E-state index is 0.00352. The first kappa shape index (κ1) is 14.3. The molecule has 3 aromatic carbocycles. The van der Waals surface area contributed by atoms with E-state index in [0.717, 1.165) is 5.46 Å². The number of hydrogen-bond acceptors (Lipinski definition) is 2. The van der Waals surface area contributed by atoms with E-state index in [2.05, 4.69) is 65.9 Å². The van der Waals surface area contributed by atoms with Gasteiger partial charge in [0.25, 0.3) is 0 Å². The van der Waals surface area contributed by atoms with E-state index in [-0.39, 0.29) is 19.2 Å². The second-order valence-corrected chi connectivity index (χ2v) is 5.81. The molecule has 1 aliphatic rings. The summed E-state index contributed by atoms with van der Waals surface area (Å²) in [4.78, 5) is 0. The van der Waals surface area contributed by atoms with Crippen molar-refractivity contribution in [3.8, 4) is 0 Å². The quantitative estimate of drug-likeness (QED) is 0.748. The van der Waals surface area contributed by atoms with Gasteiger partial charge in [0.15, 0.2) is 0 Å². The van der Waals surface area contributed by atoms with Gasteiger partial charge in [-0.3, -0.25) is 0 Å². The molecule has 0 amide bonds. The molecule has 2 nitrogen and oxygen atoms in total. The van der Waals surface area contributed by atoms with Crippen LogP contribution in [0.25, 0.3) is 0 Å². The molecule has 112 valence electrons. The van der Waals surface area contributed by atoms with Crippen LogP contribution in [0.4, 0.5) is 0 Å². The van der Waals surface area contributed by atoms with Crippen LogP contribution in [0.5, 0.6) is 0 Å². The van der Waals surface area contributed by atoms with E-state index in [1.807, 2.05) is 30.3 Å². The van der Waals surface area contributed by atoms with Crippen LogP contribution in [0.3, 0.4) is 0 Å². The molecule has 1 N–H and O–H groups in total. The lowest BCUT2D eigenvalue weighted by Crippen LogP contribution is -2.41.